The standard InChI is InChI=1S/C20H24N4O3/c25-18-5-4-17(19(26)23-18)24-12-16-14(2-1-3-15(16)20(24)27)11-22-10-13-6-8-21-9-7-13/h1-3,6,17,21-22H,4-5,7-12H2,(H,23,25,26). The van der Waals surface area contributed by atoms with E-state index < -0.39 is 6.04 Å². The molecule has 7 nitrogen and oxygen atoms in total. The van der Waals surface area contributed by atoms with Gasteiger partial charge in [-0.3, -0.25) is 19.7 Å². The van der Waals surface area contributed by atoms with Crippen molar-refractivity contribution in [2.75, 3.05) is 19.6 Å². The molecule has 7 heteroatoms. The lowest BCUT2D eigenvalue weighted by atomic mass is 10.0. The summed E-state index contributed by atoms with van der Waals surface area (Å²) in [5, 5.41) is 9.12. The molecule has 0 aliphatic carbocycles. The van der Waals surface area contributed by atoms with Crippen molar-refractivity contribution in [1.29, 1.82) is 0 Å². The Hall–Kier alpha value is -2.51. The summed E-state index contributed by atoms with van der Waals surface area (Å²) in [6, 6.07) is 5.18. The number of piperidine rings is 1. The molecule has 3 aliphatic rings. The zero-order valence-corrected chi connectivity index (χ0v) is 15.2. The summed E-state index contributed by atoms with van der Waals surface area (Å²) in [7, 11) is 0. The van der Waals surface area contributed by atoms with Crippen LogP contribution in [0.25, 0.3) is 0 Å². The van der Waals surface area contributed by atoms with E-state index >= 15 is 0 Å². The molecule has 1 atom stereocenters. The minimum atomic E-state index is -0.566. The van der Waals surface area contributed by atoms with Crippen LogP contribution in [-0.2, 0) is 22.7 Å². The number of rotatable bonds is 5. The van der Waals surface area contributed by atoms with Gasteiger partial charge in [0.1, 0.15) is 6.04 Å². The Morgan fingerprint density at radius 1 is 1.15 bits per heavy atom. The molecular weight excluding hydrogens is 344 g/mol. The number of nitrogens with one attached hydrogen (secondary N) is 3. The molecule has 0 aromatic heterocycles. The molecule has 1 aromatic carbocycles. The first-order valence-corrected chi connectivity index (χ1v) is 9.48. The van der Waals surface area contributed by atoms with Crippen molar-refractivity contribution in [1.82, 2.24) is 20.9 Å². The molecule has 142 valence electrons. The molecule has 1 unspecified atom stereocenters. The molecule has 0 saturated carbocycles. The smallest absolute Gasteiger partial charge is 0.255 e. The molecule has 27 heavy (non-hydrogen) atoms. The highest BCUT2D eigenvalue weighted by Gasteiger charge is 2.39. The van der Waals surface area contributed by atoms with Gasteiger partial charge in [0.05, 0.1) is 0 Å². The van der Waals surface area contributed by atoms with E-state index in [4.69, 9.17) is 0 Å². The maximum absolute atomic E-state index is 12.8. The third kappa shape index (κ3) is 3.65. The second-order valence-electron chi connectivity index (χ2n) is 7.26. The van der Waals surface area contributed by atoms with Gasteiger partial charge < -0.3 is 15.5 Å². The van der Waals surface area contributed by atoms with E-state index in [0.29, 0.717) is 25.1 Å². The van der Waals surface area contributed by atoms with Crippen molar-refractivity contribution < 1.29 is 14.4 Å². The highest BCUT2D eigenvalue weighted by atomic mass is 16.2. The van der Waals surface area contributed by atoms with E-state index in [1.54, 1.807) is 4.90 Å². The van der Waals surface area contributed by atoms with E-state index in [2.05, 4.69) is 22.0 Å². The Kier molecular flexibility index (Phi) is 5.05. The molecule has 3 aliphatic heterocycles. The molecule has 1 aromatic rings. The van der Waals surface area contributed by atoms with E-state index in [-0.39, 0.29) is 24.1 Å². The van der Waals surface area contributed by atoms with E-state index in [1.165, 1.54) is 5.57 Å². The first-order chi connectivity index (χ1) is 13.1. The molecule has 3 heterocycles. The van der Waals surface area contributed by atoms with Crippen molar-refractivity contribution in [2.24, 2.45) is 0 Å². The molecular formula is C20H24N4O3. The Morgan fingerprint density at radius 3 is 2.81 bits per heavy atom. The molecule has 1 saturated heterocycles. The summed E-state index contributed by atoms with van der Waals surface area (Å²) >= 11 is 0. The lowest BCUT2D eigenvalue weighted by Crippen LogP contribution is -2.52. The van der Waals surface area contributed by atoms with Gasteiger partial charge in [-0.1, -0.05) is 23.8 Å². The summed E-state index contributed by atoms with van der Waals surface area (Å²) in [4.78, 5) is 38.0. The summed E-state index contributed by atoms with van der Waals surface area (Å²) < 4.78 is 0. The summed E-state index contributed by atoms with van der Waals surface area (Å²) in [6.45, 7) is 3.89. The van der Waals surface area contributed by atoms with Crippen LogP contribution in [0.2, 0.25) is 0 Å². The maximum Gasteiger partial charge on any atom is 0.255 e. The average molecular weight is 368 g/mol. The summed E-state index contributed by atoms with van der Waals surface area (Å²) in [6.07, 6.45) is 3.94. The minimum absolute atomic E-state index is 0.123. The van der Waals surface area contributed by atoms with Gasteiger partial charge in [-0.15, -0.1) is 0 Å². The van der Waals surface area contributed by atoms with Gasteiger partial charge in [-0.25, -0.2) is 0 Å². The van der Waals surface area contributed by atoms with Gasteiger partial charge in [-0.05, 0) is 36.6 Å². The van der Waals surface area contributed by atoms with Crippen LogP contribution in [0.1, 0.15) is 40.7 Å². The molecule has 4 rings (SSSR count). The molecule has 0 bridgehead atoms. The summed E-state index contributed by atoms with van der Waals surface area (Å²) in [5.74, 6) is -0.759. The van der Waals surface area contributed by atoms with E-state index in [0.717, 1.165) is 37.2 Å². The van der Waals surface area contributed by atoms with Gasteiger partial charge in [0.2, 0.25) is 11.8 Å². The fraction of sp³-hybridized carbons (Fsp3) is 0.450. The number of amides is 3. The fourth-order valence-corrected chi connectivity index (χ4v) is 4.00. The van der Waals surface area contributed by atoms with Gasteiger partial charge in [0, 0.05) is 38.2 Å². The van der Waals surface area contributed by atoms with Crippen LogP contribution in [-0.4, -0.2) is 48.3 Å². The van der Waals surface area contributed by atoms with Crippen LogP contribution >= 0.6 is 0 Å². The second-order valence-corrected chi connectivity index (χ2v) is 7.26. The number of carbonyl (C=O) groups is 3. The SMILES string of the molecule is O=C1CCC(N2Cc3c(CNCC4=CCNCC4)cccc3C2=O)C(=O)N1. The van der Waals surface area contributed by atoms with Crippen molar-refractivity contribution in [2.45, 2.75) is 38.4 Å². The number of fused-ring (bicyclic) bond motifs is 1. The summed E-state index contributed by atoms with van der Waals surface area (Å²) in [5.41, 5.74) is 4.15. The third-order valence-corrected chi connectivity index (χ3v) is 5.50. The Morgan fingerprint density at radius 2 is 2.04 bits per heavy atom. The number of nitrogens with zero attached hydrogens (tertiary/aromatic N) is 1. The lowest BCUT2D eigenvalue weighted by Gasteiger charge is -2.29. The molecule has 0 radical (unpaired) electrons. The zero-order chi connectivity index (χ0) is 18.8. The van der Waals surface area contributed by atoms with Crippen LogP contribution < -0.4 is 16.0 Å². The third-order valence-electron chi connectivity index (χ3n) is 5.50. The van der Waals surface area contributed by atoms with Crippen molar-refractivity contribution in [3.05, 3.63) is 46.5 Å². The van der Waals surface area contributed by atoms with Crippen molar-refractivity contribution >= 4 is 17.7 Å². The Bertz CT molecular complexity index is 817. The highest BCUT2D eigenvalue weighted by molar-refractivity contribution is 6.05. The highest BCUT2D eigenvalue weighted by Crippen LogP contribution is 2.29. The first-order valence-electron chi connectivity index (χ1n) is 9.48. The van der Waals surface area contributed by atoms with Gasteiger partial charge in [-0.2, -0.15) is 0 Å². The number of hydrogen-bond donors (Lipinski definition) is 3. The van der Waals surface area contributed by atoms with Crippen LogP contribution in [0.15, 0.2) is 29.8 Å². The average Bonchev–Trinajstić information content (AvgIpc) is 3.00. The quantitative estimate of drug-likeness (QED) is 0.519. The van der Waals surface area contributed by atoms with Gasteiger partial charge >= 0.3 is 0 Å². The Labute approximate surface area is 158 Å². The largest absolute Gasteiger partial charge is 0.322 e. The number of hydrogen-bond acceptors (Lipinski definition) is 5. The van der Waals surface area contributed by atoms with Crippen LogP contribution in [0.4, 0.5) is 0 Å². The fourth-order valence-electron chi connectivity index (χ4n) is 4.00. The van der Waals surface area contributed by atoms with Crippen molar-refractivity contribution in [3.8, 4) is 0 Å². The van der Waals surface area contributed by atoms with E-state index in [1.807, 2.05) is 18.2 Å². The zero-order valence-electron chi connectivity index (χ0n) is 15.2. The van der Waals surface area contributed by atoms with E-state index in [9.17, 15) is 14.4 Å². The van der Waals surface area contributed by atoms with Gasteiger partial charge in [0.15, 0.2) is 0 Å². The number of benzene rings is 1. The molecule has 1 fully saturated rings. The second kappa shape index (κ2) is 7.62. The topological polar surface area (TPSA) is 90.5 Å². The van der Waals surface area contributed by atoms with Crippen LogP contribution in [0.3, 0.4) is 0 Å². The monoisotopic (exact) mass is 368 g/mol. The van der Waals surface area contributed by atoms with Gasteiger partial charge in [0.25, 0.3) is 5.91 Å². The first kappa shape index (κ1) is 17.9. The number of carbonyl (C=O) groups excluding carboxylic acids is 3. The molecule has 3 N–H and O–H groups in total. The van der Waals surface area contributed by atoms with Crippen molar-refractivity contribution in [3.63, 3.8) is 0 Å². The normalized spacial score (nSPS) is 22.5. The predicted molar refractivity (Wildman–Crippen MR) is 99.8 cm³/mol. The number of imide groups is 1. The predicted octanol–water partition coefficient (Wildman–Crippen LogP) is 0.457. The molecule has 3 amide bonds. The minimum Gasteiger partial charge on any atom is -0.322 e. The Balaban J connectivity index is 1.45. The van der Waals surface area contributed by atoms with Crippen LogP contribution in [0, 0.1) is 0 Å². The lowest BCUT2D eigenvalue weighted by molar-refractivity contribution is -0.136. The van der Waals surface area contributed by atoms with Crippen LogP contribution in [0.5, 0.6) is 0 Å². The molecule has 0 spiro atoms. The maximum atomic E-state index is 12.8.